The third kappa shape index (κ3) is 6.99. The van der Waals surface area contributed by atoms with Crippen molar-refractivity contribution >= 4 is 17.3 Å². The molecule has 3 rings (SSSR count). The van der Waals surface area contributed by atoms with E-state index in [1.165, 1.54) is 11.1 Å². The van der Waals surface area contributed by atoms with E-state index in [-0.39, 0.29) is 0 Å². The average Bonchev–Trinajstić information content (AvgIpc) is 3.26. The van der Waals surface area contributed by atoms with Crippen LogP contribution >= 0.6 is 12.2 Å². The van der Waals surface area contributed by atoms with E-state index in [1.807, 2.05) is 0 Å². The smallest absolute Gasteiger partial charge is 0.169 e. The average molecular weight is 406 g/mol. The first-order valence-electron chi connectivity index (χ1n) is 10.8. The molecule has 28 heavy (non-hydrogen) atoms. The van der Waals surface area contributed by atoms with Crippen molar-refractivity contribution in [2.45, 2.75) is 45.3 Å². The first-order chi connectivity index (χ1) is 13.7. The van der Waals surface area contributed by atoms with Gasteiger partial charge in [-0.3, -0.25) is 4.90 Å². The monoisotopic (exact) mass is 405 g/mol. The minimum absolute atomic E-state index is 0.303. The summed E-state index contributed by atoms with van der Waals surface area (Å²) in [4.78, 5) is 4.80. The Hall–Kier alpha value is -1.21. The van der Waals surface area contributed by atoms with Crippen LogP contribution in [-0.2, 0) is 22.4 Å². The summed E-state index contributed by atoms with van der Waals surface area (Å²) in [6.45, 7) is 10.6. The lowest BCUT2D eigenvalue weighted by Crippen LogP contribution is -2.44. The minimum Gasteiger partial charge on any atom is -0.379 e. The van der Waals surface area contributed by atoms with Crippen LogP contribution in [0.25, 0.3) is 0 Å². The summed E-state index contributed by atoms with van der Waals surface area (Å²) >= 11 is 5.75. The molecule has 5 nitrogen and oxygen atoms in total. The summed E-state index contributed by atoms with van der Waals surface area (Å²) in [5.41, 5.74) is 2.69. The lowest BCUT2D eigenvalue weighted by atomic mass is 10.1. The Balaban J connectivity index is 1.52. The van der Waals surface area contributed by atoms with Crippen LogP contribution in [0, 0.1) is 0 Å². The molecule has 2 aliphatic rings. The molecule has 1 aromatic carbocycles. The van der Waals surface area contributed by atoms with Crippen molar-refractivity contribution in [1.82, 2.24) is 15.1 Å². The summed E-state index contributed by atoms with van der Waals surface area (Å²) in [7, 11) is 0. The predicted octanol–water partition coefficient (Wildman–Crippen LogP) is 2.83. The lowest BCUT2D eigenvalue weighted by molar-refractivity contribution is 0.0367. The highest BCUT2D eigenvalue weighted by molar-refractivity contribution is 7.80. The molecular weight excluding hydrogens is 370 g/mol. The molecular formula is C22H35N3O2S. The van der Waals surface area contributed by atoms with Gasteiger partial charge in [-0.1, -0.05) is 31.2 Å². The minimum atomic E-state index is 0.303. The van der Waals surface area contributed by atoms with E-state index >= 15 is 0 Å². The summed E-state index contributed by atoms with van der Waals surface area (Å²) in [6, 6.07) is 8.92. The van der Waals surface area contributed by atoms with Crippen LogP contribution in [0.1, 0.15) is 37.3 Å². The van der Waals surface area contributed by atoms with E-state index in [2.05, 4.69) is 46.3 Å². The zero-order chi connectivity index (χ0) is 19.6. The second-order valence-electron chi connectivity index (χ2n) is 7.72. The summed E-state index contributed by atoms with van der Waals surface area (Å²) < 4.78 is 11.2. The molecule has 0 saturated carbocycles. The van der Waals surface area contributed by atoms with Gasteiger partial charge >= 0.3 is 0 Å². The molecule has 0 aromatic heterocycles. The Morgan fingerprint density at radius 3 is 2.61 bits per heavy atom. The number of morpholine rings is 1. The van der Waals surface area contributed by atoms with E-state index < -0.39 is 0 Å². The number of rotatable bonds is 9. The molecule has 2 heterocycles. The van der Waals surface area contributed by atoms with Gasteiger partial charge in [-0.2, -0.15) is 0 Å². The molecule has 1 atom stereocenters. The fourth-order valence-electron chi connectivity index (χ4n) is 3.78. The highest BCUT2D eigenvalue weighted by Gasteiger charge is 2.18. The SMILES string of the molecule is CCc1ccc(CN(CCCN2CCOCC2)C(=S)NCC2CCCO2)cc1. The molecule has 0 radical (unpaired) electrons. The lowest BCUT2D eigenvalue weighted by Gasteiger charge is -2.30. The second-order valence-corrected chi connectivity index (χ2v) is 8.11. The molecule has 2 saturated heterocycles. The van der Waals surface area contributed by atoms with Crippen LogP contribution in [0.4, 0.5) is 0 Å². The Morgan fingerprint density at radius 2 is 1.93 bits per heavy atom. The van der Waals surface area contributed by atoms with Gasteiger partial charge in [0.15, 0.2) is 5.11 Å². The van der Waals surface area contributed by atoms with E-state index in [9.17, 15) is 0 Å². The standard InChI is InChI=1S/C22H35N3O2S/c1-2-19-6-8-20(9-7-19)18-25(11-4-10-24-12-15-26-16-13-24)22(28)23-17-21-5-3-14-27-21/h6-9,21H,2-5,10-18H2,1H3,(H,23,28). The van der Waals surface area contributed by atoms with Crippen LogP contribution < -0.4 is 5.32 Å². The molecule has 1 N–H and O–H groups in total. The predicted molar refractivity (Wildman–Crippen MR) is 118 cm³/mol. The van der Waals surface area contributed by atoms with E-state index in [0.29, 0.717) is 6.10 Å². The molecule has 0 spiro atoms. The molecule has 6 heteroatoms. The van der Waals surface area contributed by atoms with E-state index in [1.54, 1.807) is 0 Å². The van der Waals surface area contributed by atoms with Gasteiger partial charge in [-0.25, -0.2) is 0 Å². The highest BCUT2D eigenvalue weighted by Crippen LogP contribution is 2.12. The Bertz CT molecular complexity index is 584. The summed E-state index contributed by atoms with van der Waals surface area (Å²) in [5, 5.41) is 4.30. The number of ether oxygens (including phenoxy) is 2. The van der Waals surface area contributed by atoms with Gasteiger partial charge in [0, 0.05) is 45.9 Å². The van der Waals surface area contributed by atoms with Crippen molar-refractivity contribution in [2.75, 3.05) is 52.5 Å². The maximum atomic E-state index is 5.75. The van der Waals surface area contributed by atoms with Gasteiger partial charge in [0.25, 0.3) is 0 Å². The fraction of sp³-hybridized carbons (Fsp3) is 0.682. The Morgan fingerprint density at radius 1 is 1.18 bits per heavy atom. The number of nitrogens with one attached hydrogen (secondary N) is 1. The van der Waals surface area contributed by atoms with Gasteiger partial charge in [0.05, 0.1) is 19.3 Å². The Labute approximate surface area is 175 Å². The van der Waals surface area contributed by atoms with Gasteiger partial charge in [-0.05, 0) is 49.0 Å². The molecule has 0 amide bonds. The Kier molecular flexibility index (Phi) is 8.99. The van der Waals surface area contributed by atoms with Gasteiger partial charge < -0.3 is 19.7 Å². The quantitative estimate of drug-likeness (QED) is 0.637. The van der Waals surface area contributed by atoms with Crippen molar-refractivity contribution in [2.24, 2.45) is 0 Å². The van der Waals surface area contributed by atoms with E-state index in [4.69, 9.17) is 21.7 Å². The number of hydrogen-bond donors (Lipinski definition) is 1. The van der Waals surface area contributed by atoms with Crippen molar-refractivity contribution in [3.8, 4) is 0 Å². The first-order valence-corrected chi connectivity index (χ1v) is 11.2. The molecule has 156 valence electrons. The third-order valence-corrected chi connectivity index (χ3v) is 6.01. The summed E-state index contributed by atoms with van der Waals surface area (Å²) in [5.74, 6) is 0. The topological polar surface area (TPSA) is 37.0 Å². The molecule has 2 aliphatic heterocycles. The van der Waals surface area contributed by atoms with Crippen LogP contribution in [-0.4, -0.2) is 73.6 Å². The first kappa shape index (κ1) is 21.5. The van der Waals surface area contributed by atoms with Crippen molar-refractivity contribution in [1.29, 1.82) is 0 Å². The van der Waals surface area contributed by atoms with Crippen LogP contribution in [0.5, 0.6) is 0 Å². The number of benzene rings is 1. The van der Waals surface area contributed by atoms with Gasteiger partial charge in [-0.15, -0.1) is 0 Å². The molecule has 0 aliphatic carbocycles. The molecule has 2 fully saturated rings. The van der Waals surface area contributed by atoms with Crippen LogP contribution in [0.2, 0.25) is 0 Å². The number of aryl methyl sites for hydroxylation is 1. The van der Waals surface area contributed by atoms with Gasteiger partial charge in [0.1, 0.15) is 0 Å². The fourth-order valence-corrected chi connectivity index (χ4v) is 4.02. The number of hydrogen-bond acceptors (Lipinski definition) is 4. The largest absolute Gasteiger partial charge is 0.379 e. The van der Waals surface area contributed by atoms with Crippen molar-refractivity contribution in [3.63, 3.8) is 0 Å². The van der Waals surface area contributed by atoms with Crippen molar-refractivity contribution < 1.29 is 9.47 Å². The highest BCUT2D eigenvalue weighted by atomic mass is 32.1. The molecule has 0 bridgehead atoms. The normalized spacial score (nSPS) is 20.2. The maximum absolute atomic E-state index is 5.75. The molecule has 1 unspecified atom stereocenters. The zero-order valence-electron chi connectivity index (χ0n) is 17.2. The van der Waals surface area contributed by atoms with Crippen molar-refractivity contribution in [3.05, 3.63) is 35.4 Å². The van der Waals surface area contributed by atoms with Crippen LogP contribution in [0.3, 0.4) is 0 Å². The number of nitrogens with zero attached hydrogens (tertiary/aromatic N) is 2. The molecule has 1 aromatic rings. The maximum Gasteiger partial charge on any atom is 0.169 e. The van der Waals surface area contributed by atoms with Crippen LogP contribution in [0.15, 0.2) is 24.3 Å². The zero-order valence-corrected chi connectivity index (χ0v) is 18.0. The second kappa shape index (κ2) is 11.7. The number of thiocarbonyl (C=S) groups is 1. The van der Waals surface area contributed by atoms with Gasteiger partial charge in [0.2, 0.25) is 0 Å². The summed E-state index contributed by atoms with van der Waals surface area (Å²) in [6.07, 6.45) is 4.77. The third-order valence-electron chi connectivity index (χ3n) is 5.60. The van der Waals surface area contributed by atoms with E-state index in [0.717, 1.165) is 89.9 Å².